The molecule has 0 fully saturated rings. The molecule has 124 valence electrons. The van der Waals surface area contributed by atoms with Gasteiger partial charge < -0.3 is 5.32 Å². The Labute approximate surface area is 156 Å². The van der Waals surface area contributed by atoms with Crippen molar-refractivity contribution in [2.24, 2.45) is 5.10 Å². The van der Waals surface area contributed by atoms with Crippen LogP contribution in [0.4, 0.5) is 5.69 Å². The zero-order valence-corrected chi connectivity index (χ0v) is 15.8. The van der Waals surface area contributed by atoms with E-state index in [2.05, 4.69) is 47.7 Å². The maximum Gasteiger partial charge on any atom is 0.240 e. The van der Waals surface area contributed by atoms with E-state index >= 15 is 0 Å². The molecule has 0 radical (unpaired) electrons. The van der Waals surface area contributed by atoms with Crippen molar-refractivity contribution in [3.63, 3.8) is 0 Å². The number of amides is 2. The summed E-state index contributed by atoms with van der Waals surface area (Å²) in [6, 6.07) is 14.8. The highest BCUT2D eigenvalue weighted by Crippen LogP contribution is 2.15. The van der Waals surface area contributed by atoms with Gasteiger partial charge in [-0.2, -0.15) is 5.10 Å². The standard InChI is InChI=1S/C17H15Br2N3O2/c18-13-6-4-12(5-7-13)11-20-22-17(24)9-8-16(23)21-15-3-1-2-14(19)10-15/h1-7,10-11H,8-9H2,(H,21,23)(H,22,24)/b20-11-. The van der Waals surface area contributed by atoms with Crippen LogP contribution in [0.15, 0.2) is 62.6 Å². The number of rotatable bonds is 6. The Balaban J connectivity index is 1.72. The van der Waals surface area contributed by atoms with Crippen molar-refractivity contribution in [2.45, 2.75) is 12.8 Å². The van der Waals surface area contributed by atoms with Crippen molar-refractivity contribution < 1.29 is 9.59 Å². The second kappa shape index (κ2) is 9.34. The molecule has 24 heavy (non-hydrogen) atoms. The molecule has 2 aromatic carbocycles. The first-order valence-corrected chi connectivity index (χ1v) is 8.74. The lowest BCUT2D eigenvalue weighted by Gasteiger charge is -2.05. The minimum Gasteiger partial charge on any atom is -0.326 e. The van der Waals surface area contributed by atoms with Crippen LogP contribution >= 0.6 is 31.9 Å². The topological polar surface area (TPSA) is 70.6 Å². The van der Waals surface area contributed by atoms with E-state index in [-0.39, 0.29) is 24.7 Å². The molecule has 0 aliphatic carbocycles. The van der Waals surface area contributed by atoms with Gasteiger partial charge in [0.1, 0.15) is 0 Å². The molecular formula is C17H15Br2N3O2. The number of anilines is 1. The Morgan fingerprint density at radius 2 is 1.67 bits per heavy atom. The lowest BCUT2D eigenvalue weighted by molar-refractivity contribution is -0.124. The van der Waals surface area contributed by atoms with E-state index in [0.29, 0.717) is 5.69 Å². The van der Waals surface area contributed by atoms with Crippen molar-refractivity contribution in [2.75, 3.05) is 5.32 Å². The van der Waals surface area contributed by atoms with E-state index < -0.39 is 0 Å². The third-order valence-electron chi connectivity index (χ3n) is 2.96. The molecule has 2 aromatic rings. The van der Waals surface area contributed by atoms with Gasteiger partial charge in [-0.3, -0.25) is 9.59 Å². The number of nitrogens with zero attached hydrogens (tertiary/aromatic N) is 1. The highest BCUT2D eigenvalue weighted by atomic mass is 79.9. The van der Waals surface area contributed by atoms with E-state index in [9.17, 15) is 9.59 Å². The third-order valence-corrected chi connectivity index (χ3v) is 3.98. The molecule has 2 rings (SSSR count). The van der Waals surface area contributed by atoms with Crippen molar-refractivity contribution in [3.8, 4) is 0 Å². The van der Waals surface area contributed by atoms with E-state index in [1.165, 1.54) is 0 Å². The second-order valence-corrected chi connectivity index (χ2v) is 6.73. The summed E-state index contributed by atoms with van der Waals surface area (Å²) in [6.45, 7) is 0. The first-order chi connectivity index (χ1) is 11.5. The molecule has 0 aliphatic heterocycles. The highest BCUT2D eigenvalue weighted by Gasteiger charge is 2.06. The van der Waals surface area contributed by atoms with Gasteiger partial charge in [-0.05, 0) is 35.9 Å². The zero-order valence-electron chi connectivity index (χ0n) is 12.6. The molecule has 2 amide bonds. The van der Waals surface area contributed by atoms with Crippen molar-refractivity contribution in [1.29, 1.82) is 0 Å². The molecule has 0 atom stereocenters. The summed E-state index contributed by atoms with van der Waals surface area (Å²) in [5.41, 5.74) is 3.96. The number of benzene rings is 2. The van der Waals surface area contributed by atoms with Gasteiger partial charge in [-0.15, -0.1) is 0 Å². The first kappa shape index (κ1) is 18.4. The van der Waals surface area contributed by atoms with Crippen LogP contribution in [-0.2, 0) is 9.59 Å². The number of hydrogen-bond acceptors (Lipinski definition) is 3. The summed E-state index contributed by atoms with van der Waals surface area (Å²) < 4.78 is 1.85. The predicted octanol–water partition coefficient (Wildman–Crippen LogP) is 4.08. The van der Waals surface area contributed by atoms with Crippen molar-refractivity contribution >= 4 is 55.6 Å². The lowest BCUT2D eigenvalue weighted by Crippen LogP contribution is -2.20. The van der Waals surface area contributed by atoms with Gasteiger partial charge in [0.2, 0.25) is 11.8 Å². The highest BCUT2D eigenvalue weighted by molar-refractivity contribution is 9.10. The molecule has 0 aliphatic rings. The largest absolute Gasteiger partial charge is 0.326 e. The quantitative estimate of drug-likeness (QED) is 0.512. The normalized spacial score (nSPS) is 10.6. The first-order valence-electron chi connectivity index (χ1n) is 7.16. The molecule has 0 aromatic heterocycles. The number of hydrogen-bond donors (Lipinski definition) is 2. The zero-order chi connectivity index (χ0) is 17.4. The number of carbonyl (C=O) groups excluding carboxylic acids is 2. The molecule has 2 N–H and O–H groups in total. The van der Waals surface area contributed by atoms with Gasteiger partial charge in [-0.25, -0.2) is 5.43 Å². The fourth-order valence-corrected chi connectivity index (χ4v) is 2.46. The van der Waals surface area contributed by atoms with Gasteiger partial charge in [0.15, 0.2) is 0 Å². The Morgan fingerprint density at radius 3 is 2.38 bits per heavy atom. The van der Waals surface area contributed by atoms with E-state index in [0.717, 1.165) is 14.5 Å². The average Bonchev–Trinajstić information content (AvgIpc) is 2.55. The van der Waals surface area contributed by atoms with Crippen LogP contribution in [0, 0.1) is 0 Å². The molecular weight excluding hydrogens is 438 g/mol. The summed E-state index contributed by atoms with van der Waals surface area (Å²) in [6.07, 6.45) is 1.70. The van der Waals surface area contributed by atoms with Gasteiger partial charge >= 0.3 is 0 Å². The Morgan fingerprint density at radius 1 is 0.958 bits per heavy atom. The molecule has 0 saturated carbocycles. The second-order valence-electron chi connectivity index (χ2n) is 4.90. The summed E-state index contributed by atoms with van der Waals surface area (Å²) in [7, 11) is 0. The molecule has 0 saturated heterocycles. The molecule has 0 spiro atoms. The SMILES string of the molecule is O=C(CCC(=O)Nc1cccc(Br)c1)N/N=C\c1ccc(Br)cc1. The van der Waals surface area contributed by atoms with Crippen LogP contribution in [0.5, 0.6) is 0 Å². The summed E-state index contributed by atoms with van der Waals surface area (Å²) in [5, 5.41) is 6.60. The number of nitrogens with one attached hydrogen (secondary N) is 2. The van der Waals surface area contributed by atoms with Gasteiger partial charge in [0.25, 0.3) is 0 Å². The Hall–Kier alpha value is -1.99. The van der Waals surface area contributed by atoms with Crippen LogP contribution in [-0.4, -0.2) is 18.0 Å². The molecule has 7 heteroatoms. The van der Waals surface area contributed by atoms with Gasteiger partial charge in [0.05, 0.1) is 6.21 Å². The van der Waals surface area contributed by atoms with Crippen LogP contribution in [0.2, 0.25) is 0 Å². The van der Waals surface area contributed by atoms with Crippen LogP contribution in [0.25, 0.3) is 0 Å². The fourth-order valence-electron chi connectivity index (χ4n) is 1.80. The van der Waals surface area contributed by atoms with Crippen LogP contribution < -0.4 is 10.7 Å². The average molecular weight is 453 g/mol. The molecule has 0 unspecified atom stereocenters. The van der Waals surface area contributed by atoms with Gasteiger partial charge in [0, 0.05) is 27.5 Å². The van der Waals surface area contributed by atoms with Crippen molar-refractivity contribution in [1.82, 2.24) is 5.43 Å². The fraction of sp³-hybridized carbons (Fsp3) is 0.118. The summed E-state index contributed by atoms with van der Waals surface area (Å²) in [5.74, 6) is -0.534. The van der Waals surface area contributed by atoms with E-state index in [1.807, 2.05) is 36.4 Å². The summed E-state index contributed by atoms with van der Waals surface area (Å²) in [4.78, 5) is 23.5. The van der Waals surface area contributed by atoms with Crippen LogP contribution in [0.1, 0.15) is 18.4 Å². The number of hydrazone groups is 1. The van der Waals surface area contributed by atoms with E-state index in [4.69, 9.17) is 0 Å². The maximum atomic E-state index is 11.8. The molecule has 0 heterocycles. The van der Waals surface area contributed by atoms with E-state index in [1.54, 1.807) is 18.3 Å². The lowest BCUT2D eigenvalue weighted by atomic mass is 10.2. The Kier molecular flexibility index (Phi) is 7.14. The van der Waals surface area contributed by atoms with Crippen molar-refractivity contribution in [3.05, 3.63) is 63.0 Å². The summed E-state index contributed by atoms with van der Waals surface area (Å²) >= 11 is 6.68. The minimum absolute atomic E-state index is 0.0670. The minimum atomic E-state index is -0.312. The predicted molar refractivity (Wildman–Crippen MR) is 102 cm³/mol. The number of halogens is 2. The molecule has 0 bridgehead atoms. The third kappa shape index (κ3) is 6.64. The Bertz CT molecular complexity index is 746. The smallest absolute Gasteiger partial charge is 0.240 e. The monoisotopic (exact) mass is 451 g/mol. The maximum absolute atomic E-state index is 11.8. The van der Waals surface area contributed by atoms with Gasteiger partial charge in [-0.1, -0.05) is 50.1 Å². The van der Waals surface area contributed by atoms with Crippen LogP contribution in [0.3, 0.4) is 0 Å². The number of carbonyl (C=O) groups is 2. The molecule has 5 nitrogen and oxygen atoms in total.